The number of carbonyl (C=O) groups is 1. The number of anilines is 2. The molecule has 1 amide bonds. The number of ether oxygens (including phenoxy) is 1. The lowest BCUT2D eigenvalue weighted by Gasteiger charge is -2.16. The van der Waals surface area contributed by atoms with Crippen molar-refractivity contribution in [2.75, 3.05) is 17.2 Å². The molecule has 1 atom stereocenters. The van der Waals surface area contributed by atoms with Gasteiger partial charge in [0.2, 0.25) is 5.88 Å². The van der Waals surface area contributed by atoms with Gasteiger partial charge in [-0.2, -0.15) is 5.10 Å². The van der Waals surface area contributed by atoms with Gasteiger partial charge in [-0.05, 0) is 43.5 Å². The molecule has 0 unspecified atom stereocenters. The maximum absolute atomic E-state index is 12.8. The molecule has 0 aliphatic heterocycles. The van der Waals surface area contributed by atoms with E-state index in [0.717, 1.165) is 16.6 Å². The first-order chi connectivity index (χ1) is 16.3. The van der Waals surface area contributed by atoms with E-state index in [4.69, 9.17) is 4.74 Å². The molecule has 0 radical (unpaired) electrons. The molecule has 176 valence electrons. The molecule has 0 saturated carbocycles. The second kappa shape index (κ2) is 9.86. The smallest absolute Gasteiger partial charge is 0.257 e. The number of amides is 1. The molecule has 9 heteroatoms. The highest BCUT2D eigenvalue weighted by molar-refractivity contribution is 6.04. The molecule has 4 rings (SSSR count). The fourth-order valence-electron chi connectivity index (χ4n) is 3.46. The average molecular weight is 460 g/mol. The zero-order valence-electron chi connectivity index (χ0n) is 20.0. The number of rotatable bonds is 8. The highest BCUT2D eigenvalue weighted by Gasteiger charge is 2.13. The van der Waals surface area contributed by atoms with Crippen molar-refractivity contribution in [2.45, 2.75) is 33.7 Å². The molecule has 0 aliphatic rings. The van der Waals surface area contributed by atoms with Crippen molar-refractivity contribution in [3.8, 4) is 5.88 Å². The summed E-state index contributed by atoms with van der Waals surface area (Å²) in [6, 6.07) is 9.43. The highest BCUT2D eigenvalue weighted by atomic mass is 16.5. The third-order valence-electron chi connectivity index (χ3n) is 5.30. The van der Waals surface area contributed by atoms with Crippen LogP contribution in [0.1, 0.15) is 48.3 Å². The topological polar surface area (TPSA) is 107 Å². The molecule has 34 heavy (non-hydrogen) atoms. The minimum absolute atomic E-state index is 0.0573. The van der Waals surface area contributed by atoms with E-state index in [0.29, 0.717) is 41.1 Å². The summed E-state index contributed by atoms with van der Waals surface area (Å²) in [5.41, 5.74) is 4.45. The molecule has 0 fully saturated rings. The Kier molecular flexibility index (Phi) is 6.72. The van der Waals surface area contributed by atoms with Crippen molar-refractivity contribution in [3.05, 3.63) is 65.6 Å². The van der Waals surface area contributed by atoms with Crippen LogP contribution in [0.15, 0.2) is 48.9 Å². The zero-order valence-corrected chi connectivity index (χ0v) is 20.0. The molecule has 3 aromatic heterocycles. The summed E-state index contributed by atoms with van der Waals surface area (Å²) < 4.78 is 7.39. The van der Waals surface area contributed by atoms with Crippen LogP contribution < -0.4 is 15.4 Å². The van der Waals surface area contributed by atoms with Gasteiger partial charge < -0.3 is 15.4 Å². The Hall–Kier alpha value is -4.01. The maximum atomic E-state index is 12.8. The van der Waals surface area contributed by atoms with E-state index in [1.807, 2.05) is 45.2 Å². The van der Waals surface area contributed by atoms with Crippen LogP contribution in [0.5, 0.6) is 5.88 Å². The Labute approximate surface area is 198 Å². The van der Waals surface area contributed by atoms with Crippen molar-refractivity contribution in [1.29, 1.82) is 0 Å². The van der Waals surface area contributed by atoms with Crippen molar-refractivity contribution in [3.63, 3.8) is 0 Å². The van der Waals surface area contributed by atoms with Crippen LogP contribution in [-0.4, -0.2) is 37.2 Å². The number of hydrogen-bond acceptors (Lipinski definition) is 7. The molecule has 0 bridgehead atoms. The Bertz CT molecular complexity index is 1320. The van der Waals surface area contributed by atoms with Crippen LogP contribution in [0, 0.1) is 12.8 Å². The maximum Gasteiger partial charge on any atom is 0.257 e. The van der Waals surface area contributed by atoms with E-state index in [2.05, 4.69) is 44.5 Å². The number of nitrogens with one attached hydrogen (secondary N) is 2. The third-order valence-corrected chi connectivity index (χ3v) is 5.30. The van der Waals surface area contributed by atoms with Gasteiger partial charge in [-0.15, -0.1) is 0 Å². The summed E-state index contributed by atoms with van der Waals surface area (Å²) in [6.07, 6.45) is 4.92. The van der Waals surface area contributed by atoms with Gasteiger partial charge in [-0.1, -0.05) is 26.0 Å². The number of fused-ring (bicyclic) bond motifs is 1. The Morgan fingerprint density at radius 1 is 1.12 bits per heavy atom. The highest BCUT2D eigenvalue weighted by Crippen LogP contribution is 2.23. The van der Waals surface area contributed by atoms with Crippen LogP contribution in [0.2, 0.25) is 0 Å². The van der Waals surface area contributed by atoms with E-state index in [1.54, 1.807) is 29.3 Å². The third kappa shape index (κ3) is 5.31. The molecule has 3 heterocycles. The number of benzene rings is 1. The second-order valence-electron chi connectivity index (χ2n) is 8.73. The normalized spacial score (nSPS) is 12.1. The lowest BCUT2D eigenvalue weighted by molar-refractivity contribution is 0.102. The van der Waals surface area contributed by atoms with Gasteiger partial charge in [0.25, 0.3) is 5.91 Å². The Morgan fingerprint density at radius 3 is 2.71 bits per heavy atom. The van der Waals surface area contributed by atoms with Gasteiger partial charge in [-0.25, -0.2) is 19.6 Å². The quantitative estimate of drug-likeness (QED) is 0.399. The van der Waals surface area contributed by atoms with Crippen molar-refractivity contribution in [1.82, 2.24) is 24.7 Å². The minimum Gasteiger partial charge on any atom is -0.477 e. The van der Waals surface area contributed by atoms with Crippen molar-refractivity contribution in [2.24, 2.45) is 13.0 Å². The van der Waals surface area contributed by atoms with Crippen molar-refractivity contribution < 1.29 is 9.53 Å². The van der Waals surface area contributed by atoms with Crippen LogP contribution in [0.25, 0.3) is 11.2 Å². The molecule has 1 aromatic carbocycles. The predicted molar refractivity (Wildman–Crippen MR) is 132 cm³/mol. The van der Waals surface area contributed by atoms with Gasteiger partial charge in [-0.3, -0.25) is 4.79 Å². The fraction of sp³-hybridized carbons (Fsp3) is 0.320. The molecular weight excluding hydrogens is 430 g/mol. The van der Waals surface area contributed by atoms with Gasteiger partial charge in [0.05, 0.1) is 30.6 Å². The Morgan fingerprint density at radius 2 is 1.94 bits per heavy atom. The van der Waals surface area contributed by atoms with Crippen LogP contribution in [0.4, 0.5) is 11.5 Å². The summed E-state index contributed by atoms with van der Waals surface area (Å²) in [5.74, 6) is 1.38. The molecule has 4 aromatic rings. The van der Waals surface area contributed by atoms with E-state index < -0.39 is 0 Å². The number of aryl methyl sites for hydroxylation is 2. The molecule has 0 aliphatic carbocycles. The SMILES string of the molecule is Cc1cc(C(=O)Nc2cccc([C@H](C)Nc3cnc4cnn(C)c4n3)c2)cnc1OCC(C)C. The minimum atomic E-state index is -0.226. The molecule has 9 nitrogen and oxygen atoms in total. The summed E-state index contributed by atoms with van der Waals surface area (Å²) in [6.45, 7) is 8.65. The van der Waals surface area contributed by atoms with Gasteiger partial charge >= 0.3 is 0 Å². The first kappa shape index (κ1) is 23.2. The van der Waals surface area contributed by atoms with Gasteiger partial charge in [0, 0.05) is 24.5 Å². The van der Waals surface area contributed by atoms with Gasteiger partial charge in [0.1, 0.15) is 11.3 Å². The zero-order chi connectivity index (χ0) is 24.2. The largest absolute Gasteiger partial charge is 0.477 e. The van der Waals surface area contributed by atoms with Crippen LogP contribution in [-0.2, 0) is 7.05 Å². The molecular formula is C25H29N7O2. The van der Waals surface area contributed by atoms with E-state index in [9.17, 15) is 4.79 Å². The molecule has 0 saturated heterocycles. The summed E-state index contributed by atoms with van der Waals surface area (Å²) in [7, 11) is 1.83. The average Bonchev–Trinajstić information content (AvgIpc) is 3.18. The number of nitrogens with zero attached hydrogens (tertiary/aromatic N) is 5. The first-order valence-corrected chi connectivity index (χ1v) is 11.2. The fourth-order valence-corrected chi connectivity index (χ4v) is 3.46. The van der Waals surface area contributed by atoms with Crippen LogP contribution in [0.3, 0.4) is 0 Å². The van der Waals surface area contributed by atoms with Gasteiger partial charge in [0.15, 0.2) is 5.65 Å². The Balaban J connectivity index is 1.43. The number of carbonyl (C=O) groups excluding carboxylic acids is 1. The lowest BCUT2D eigenvalue weighted by atomic mass is 10.1. The monoisotopic (exact) mass is 459 g/mol. The standard InChI is InChI=1S/C25H29N7O2/c1-15(2)14-34-25-16(3)9-19(11-27-25)24(33)30-20-8-6-7-18(10-20)17(4)29-22-13-26-21-12-28-32(5)23(21)31-22/h6-13,15,17H,14H2,1-5H3,(H,29,31)(H,30,33)/t17-/m0/s1. The lowest BCUT2D eigenvalue weighted by Crippen LogP contribution is -2.14. The second-order valence-corrected chi connectivity index (χ2v) is 8.73. The number of pyridine rings is 1. The van der Waals surface area contributed by atoms with Crippen molar-refractivity contribution >= 4 is 28.6 Å². The molecule has 2 N–H and O–H groups in total. The van der Waals surface area contributed by atoms with E-state index in [1.165, 1.54) is 0 Å². The number of hydrogen-bond donors (Lipinski definition) is 2. The summed E-state index contributed by atoms with van der Waals surface area (Å²) >= 11 is 0. The van der Waals surface area contributed by atoms with E-state index >= 15 is 0 Å². The number of aromatic nitrogens is 5. The summed E-state index contributed by atoms with van der Waals surface area (Å²) in [5, 5.41) is 10.5. The van der Waals surface area contributed by atoms with E-state index in [-0.39, 0.29) is 11.9 Å². The summed E-state index contributed by atoms with van der Waals surface area (Å²) in [4.78, 5) is 26.1. The molecule has 0 spiro atoms. The first-order valence-electron chi connectivity index (χ1n) is 11.2. The van der Waals surface area contributed by atoms with Crippen LogP contribution >= 0.6 is 0 Å². The predicted octanol–water partition coefficient (Wildman–Crippen LogP) is 4.53.